The van der Waals surface area contributed by atoms with Gasteiger partial charge in [-0.2, -0.15) is 0 Å². The van der Waals surface area contributed by atoms with Gasteiger partial charge in [0.1, 0.15) is 22.1 Å². The summed E-state index contributed by atoms with van der Waals surface area (Å²) in [6.07, 6.45) is 3.20. The lowest BCUT2D eigenvalue weighted by Gasteiger charge is -2.08. The van der Waals surface area contributed by atoms with Crippen molar-refractivity contribution in [2.45, 2.75) is 13.2 Å². The molecular weight excluding hydrogens is 409 g/mol. The van der Waals surface area contributed by atoms with Crippen LogP contribution in [0.4, 0.5) is 4.39 Å². The van der Waals surface area contributed by atoms with E-state index in [2.05, 4.69) is 4.98 Å². The number of benzene rings is 1. The standard InChI is InChI=1S/C21H16FN3O4S/c1-24-19-16(10-17(30-19)20(27)29-12-14-6-8-23-9-7-14)18(26)25(21(24)28)11-13-2-4-15(22)5-3-13/h2-10H,11-12H2,1H3. The molecule has 0 spiro atoms. The summed E-state index contributed by atoms with van der Waals surface area (Å²) in [6, 6.07) is 10.5. The molecule has 0 bridgehead atoms. The van der Waals surface area contributed by atoms with Gasteiger partial charge in [-0.05, 0) is 41.5 Å². The average Bonchev–Trinajstić information content (AvgIpc) is 3.21. The molecule has 0 saturated carbocycles. The van der Waals surface area contributed by atoms with E-state index in [0.717, 1.165) is 21.5 Å². The van der Waals surface area contributed by atoms with E-state index in [1.807, 2.05) is 0 Å². The number of fused-ring (bicyclic) bond motifs is 1. The Kier molecular flexibility index (Phi) is 5.28. The maximum Gasteiger partial charge on any atom is 0.348 e. The second-order valence-electron chi connectivity index (χ2n) is 6.62. The molecule has 0 aliphatic carbocycles. The van der Waals surface area contributed by atoms with Gasteiger partial charge in [0, 0.05) is 19.4 Å². The fourth-order valence-electron chi connectivity index (χ4n) is 3.00. The van der Waals surface area contributed by atoms with Crippen LogP contribution in [-0.4, -0.2) is 20.1 Å². The van der Waals surface area contributed by atoms with Crippen LogP contribution in [0, 0.1) is 5.82 Å². The van der Waals surface area contributed by atoms with Crippen molar-refractivity contribution in [3.63, 3.8) is 0 Å². The molecule has 0 fully saturated rings. The molecule has 4 rings (SSSR count). The second kappa shape index (κ2) is 8.03. The number of hydrogen-bond acceptors (Lipinski definition) is 6. The average molecular weight is 425 g/mol. The van der Waals surface area contributed by atoms with E-state index >= 15 is 0 Å². The van der Waals surface area contributed by atoms with Crippen LogP contribution in [0.25, 0.3) is 10.2 Å². The zero-order valence-electron chi connectivity index (χ0n) is 15.9. The van der Waals surface area contributed by atoms with Gasteiger partial charge in [0.15, 0.2) is 0 Å². The Bertz CT molecular complexity index is 1340. The lowest BCUT2D eigenvalue weighted by molar-refractivity contribution is 0.0478. The molecule has 0 aliphatic rings. The highest BCUT2D eigenvalue weighted by Crippen LogP contribution is 2.23. The minimum atomic E-state index is -0.579. The van der Waals surface area contributed by atoms with Crippen LogP contribution in [0.1, 0.15) is 20.8 Å². The van der Waals surface area contributed by atoms with Crippen LogP contribution in [-0.2, 0) is 24.9 Å². The third-order valence-corrected chi connectivity index (χ3v) is 5.78. The Hall–Kier alpha value is -3.59. The number of carbonyl (C=O) groups is 1. The van der Waals surface area contributed by atoms with Gasteiger partial charge in [0.05, 0.1) is 11.9 Å². The number of aromatic nitrogens is 3. The smallest absolute Gasteiger partial charge is 0.348 e. The van der Waals surface area contributed by atoms with Gasteiger partial charge < -0.3 is 4.74 Å². The van der Waals surface area contributed by atoms with Crippen molar-refractivity contribution in [3.8, 4) is 0 Å². The molecule has 152 valence electrons. The van der Waals surface area contributed by atoms with Gasteiger partial charge in [-0.25, -0.2) is 14.0 Å². The second-order valence-corrected chi connectivity index (χ2v) is 7.65. The minimum absolute atomic E-state index is 0.000599. The lowest BCUT2D eigenvalue weighted by atomic mass is 10.2. The quantitative estimate of drug-likeness (QED) is 0.459. The van der Waals surface area contributed by atoms with Crippen LogP contribution in [0.5, 0.6) is 0 Å². The summed E-state index contributed by atoms with van der Waals surface area (Å²) in [7, 11) is 1.54. The Morgan fingerprint density at radius 2 is 1.80 bits per heavy atom. The van der Waals surface area contributed by atoms with Crippen molar-refractivity contribution in [2.24, 2.45) is 7.05 Å². The molecule has 0 N–H and O–H groups in total. The van der Waals surface area contributed by atoms with Gasteiger partial charge in [-0.3, -0.25) is 18.9 Å². The fraction of sp³-hybridized carbons (Fsp3) is 0.143. The largest absolute Gasteiger partial charge is 0.457 e. The monoisotopic (exact) mass is 425 g/mol. The first-order valence-electron chi connectivity index (χ1n) is 8.98. The maximum absolute atomic E-state index is 13.1. The van der Waals surface area contributed by atoms with Gasteiger partial charge >= 0.3 is 11.7 Å². The van der Waals surface area contributed by atoms with Gasteiger partial charge in [-0.1, -0.05) is 12.1 Å². The Morgan fingerprint density at radius 1 is 1.10 bits per heavy atom. The van der Waals surface area contributed by atoms with Gasteiger partial charge in [-0.15, -0.1) is 11.3 Å². The Morgan fingerprint density at radius 3 is 2.50 bits per heavy atom. The number of pyridine rings is 1. The predicted octanol–water partition coefficient (Wildman–Crippen LogP) is 2.70. The van der Waals surface area contributed by atoms with E-state index in [9.17, 15) is 18.8 Å². The third-order valence-electron chi connectivity index (χ3n) is 4.58. The molecule has 9 heteroatoms. The SMILES string of the molecule is Cn1c(=O)n(Cc2ccc(F)cc2)c(=O)c2cc(C(=O)OCc3ccncc3)sc21. The van der Waals surface area contributed by atoms with Crippen molar-refractivity contribution < 1.29 is 13.9 Å². The maximum atomic E-state index is 13.1. The van der Waals surface area contributed by atoms with Crippen molar-refractivity contribution >= 4 is 27.5 Å². The van der Waals surface area contributed by atoms with Crippen LogP contribution >= 0.6 is 11.3 Å². The zero-order valence-corrected chi connectivity index (χ0v) is 16.7. The normalized spacial score (nSPS) is 11.0. The van der Waals surface area contributed by atoms with Crippen LogP contribution < -0.4 is 11.2 Å². The molecular formula is C21H16FN3O4S. The first kappa shape index (κ1) is 19.7. The Labute approximate surface area is 173 Å². The first-order chi connectivity index (χ1) is 14.4. The fourth-order valence-corrected chi connectivity index (χ4v) is 3.99. The van der Waals surface area contributed by atoms with E-state index in [1.165, 1.54) is 41.9 Å². The molecule has 30 heavy (non-hydrogen) atoms. The van der Waals surface area contributed by atoms with Crippen LogP contribution in [0.15, 0.2) is 64.4 Å². The van der Waals surface area contributed by atoms with Gasteiger partial charge in [0.25, 0.3) is 5.56 Å². The molecule has 3 heterocycles. The number of rotatable bonds is 5. The summed E-state index contributed by atoms with van der Waals surface area (Å²) in [5.41, 5.74) is 0.368. The Balaban J connectivity index is 1.67. The van der Waals surface area contributed by atoms with Crippen molar-refractivity contribution in [1.29, 1.82) is 0 Å². The number of carbonyl (C=O) groups excluding carboxylic acids is 1. The summed E-state index contributed by atoms with van der Waals surface area (Å²) < 4.78 is 20.8. The molecule has 1 aromatic carbocycles. The third kappa shape index (κ3) is 3.79. The summed E-state index contributed by atoms with van der Waals surface area (Å²) in [4.78, 5) is 42.6. The molecule has 3 aromatic heterocycles. The summed E-state index contributed by atoms with van der Waals surface area (Å²) in [5, 5.41) is 0.250. The van der Waals surface area contributed by atoms with Gasteiger partial charge in [0.2, 0.25) is 0 Å². The van der Waals surface area contributed by atoms with E-state index in [-0.39, 0.29) is 23.4 Å². The van der Waals surface area contributed by atoms with E-state index in [1.54, 1.807) is 24.5 Å². The molecule has 4 aromatic rings. The summed E-state index contributed by atoms with van der Waals surface area (Å²) in [6.45, 7) is 0.0721. The zero-order chi connectivity index (χ0) is 21.3. The number of thiophene rings is 1. The summed E-state index contributed by atoms with van der Waals surface area (Å²) >= 11 is 1.03. The number of esters is 1. The number of ether oxygens (including phenoxy) is 1. The highest BCUT2D eigenvalue weighted by Gasteiger charge is 2.19. The molecule has 0 atom stereocenters. The van der Waals surface area contributed by atoms with Crippen molar-refractivity contribution in [3.05, 3.63) is 97.5 Å². The molecule has 0 unspecified atom stereocenters. The minimum Gasteiger partial charge on any atom is -0.457 e. The molecule has 0 aliphatic heterocycles. The number of halogens is 1. The molecule has 7 nitrogen and oxygen atoms in total. The molecule has 0 radical (unpaired) electrons. The highest BCUT2D eigenvalue weighted by molar-refractivity contribution is 7.20. The first-order valence-corrected chi connectivity index (χ1v) is 9.79. The summed E-state index contributed by atoms with van der Waals surface area (Å²) in [5.74, 6) is -0.979. The number of nitrogens with zero attached hydrogens (tertiary/aromatic N) is 3. The topological polar surface area (TPSA) is 83.2 Å². The van der Waals surface area contributed by atoms with E-state index in [4.69, 9.17) is 4.74 Å². The van der Waals surface area contributed by atoms with E-state index < -0.39 is 23.0 Å². The van der Waals surface area contributed by atoms with Crippen molar-refractivity contribution in [2.75, 3.05) is 0 Å². The molecule has 0 amide bonds. The van der Waals surface area contributed by atoms with Crippen LogP contribution in [0.3, 0.4) is 0 Å². The lowest BCUT2D eigenvalue weighted by Crippen LogP contribution is -2.38. The van der Waals surface area contributed by atoms with Crippen molar-refractivity contribution in [1.82, 2.24) is 14.1 Å². The van der Waals surface area contributed by atoms with Crippen LogP contribution in [0.2, 0.25) is 0 Å². The highest BCUT2D eigenvalue weighted by atomic mass is 32.1. The molecule has 0 saturated heterocycles. The predicted molar refractivity (Wildman–Crippen MR) is 110 cm³/mol. The number of hydrogen-bond donors (Lipinski definition) is 0. The van der Waals surface area contributed by atoms with E-state index in [0.29, 0.717) is 10.4 Å². The number of aryl methyl sites for hydroxylation is 1.